The van der Waals surface area contributed by atoms with E-state index >= 15 is 0 Å². The van der Waals surface area contributed by atoms with E-state index in [-0.39, 0.29) is 11.8 Å². The molecule has 0 radical (unpaired) electrons. The van der Waals surface area contributed by atoms with Gasteiger partial charge in [0.1, 0.15) is 6.04 Å². The van der Waals surface area contributed by atoms with Gasteiger partial charge in [0.15, 0.2) is 0 Å². The summed E-state index contributed by atoms with van der Waals surface area (Å²) in [6, 6.07) is 5.60. The molecule has 0 aliphatic carbocycles. The molecule has 1 aromatic heterocycles. The maximum absolute atomic E-state index is 12.2. The van der Waals surface area contributed by atoms with Crippen LogP contribution in [0.25, 0.3) is 16.5 Å². The number of nitrogens with zero attached hydrogens (tertiary/aromatic N) is 2. The van der Waals surface area contributed by atoms with Gasteiger partial charge < -0.3 is 5.32 Å². The maximum atomic E-state index is 12.2. The molecule has 1 saturated heterocycles. The summed E-state index contributed by atoms with van der Waals surface area (Å²) in [5.41, 5.74) is 4.07. The van der Waals surface area contributed by atoms with Gasteiger partial charge in [-0.2, -0.15) is 5.10 Å². The van der Waals surface area contributed by atoms with Gasteiger partial charge in [0.05, 0.1) is 11.2 Å². The van der Waals surface area contributed by atoms with Crippen molar-refractivity contribution in [2.45, 2.75) is 25.8 Å². The zero-order valence-corrected chi connectivity index (χ0v) is 13.4. The number of dihydropyridines is 1. The topological polar surface area (TPSA) is 76.0 Å². The number of hydrogen-bond acceptors (Lipinski definition) is 4. The summed E-state index contributed by atoms with van der Waals surface area (Å²) >= 11 is 0. The number of allylic oxidation sites excluding steroid dienone is 2. The zero-order chi connectivity index (χ0) is 16.7. The molecule has 2 aliphatic rings. The third-order valence-corrected chi connectivity index (χ3v) is 4.55. The molecule has 1 fully saturated rings. The number of aryl methyl sites for hydroxylation is 1. The Morgan fingerprint density at radius 2 is 2.17 bits per heavy atom. The number of piperidine rings is 1. The molecule has 6 nitrogen and oxygen atoms in total. The Balaban J connectivity index is 1.85. The number of imide groups is 1. The van der Waals surface area contributed by atoms with Crippen molar-refractivity contribution in [3.05, 3.63) is 47.8 Å². The standard InChI is InChI=1S/C18H18N4O2/c1-11-17-13(12-7-9-19-10-8-12)3-2-4-14(17)22(21-11)15-5-6-16(23)20-18(15)24/h2-4,7-9,15,19H,5-6,10H2,1H3,(H,20,23,24). The number of hydrogen-bond donors (Lipinski definition) is 2. The van der Waals surface area contributed by atoms with E-state index in [1.165, 1.54) is 0 Å². The molecule has 2 aromatic rings. The summed E-state index contributed by atoms with van der Waals surface area (Å²) in [7, 11) is 0. The molecule has 0 saturated carbocycles. The van der Waals surface area contributed by atoms with E-state index in [4.69, 9.17) is 0 Å². The summed E-state index contributed by atoms with van der Waals surface area (Å²) in [4.78, 5) is 23.6. The van der Waals surface area contributed by atoms with E-state index in [0.717, 1.165) is 34.3 Å². The van der Waals surface area contributed by atoms with Crippen molar-refractivity contribution >= 4 is 28.3 Å². The molecule has 2 aliphatic heterocycles. The number of carbonyl (C=O) groups excluding carboxylic acids is 2. The first-order chi connectivity index (χ1) is 11.6. The van der Waals surface area contributed by atoms with E-state index in [2.05, 4.69) is 27.9 Å². The molecular weight excluding hydrogens is 304 g/mol. The van der Waals surface area contributed by atoms with Gasteiger partial charge in [0, 0.05) is 18.4 Å². The van der Waals surface area contributed by atoms with Crippen molar-refractivity contribution in [2.24, 2.45) is 0 Å². The number of carbonyl (C=O) groups is 2. The van der Waals surface area contributed by atoms with Crippen LogP contribution in [0, 0.1) is 6.92 Å². The maximum Gasteiger partial charge on any atom is 0.251 e. The number of fused-ring (bicyclic) bond motifs is 1. The second kappa shape index (κ2) is 5.63. The second-order valence-corrected chi connectivity index (χ2v) is 6.10. The van der Waals surface area contributed by atoms with E-state index < -0.39 is 6.04 Å². The fraction of sp³-hybridized carbons (Fsp3) is 0.278. The van der Waals surface area contributed by atoms with E-state index in [9.17, 15) is 9.59 Å². The SMILES string of the molecule is Cc1nn(C2CCC(=O)NC2=O)c2cccc(C3=CCNC=C3)c12. The first kappa shape index (κ1) is 14.7. The Kier molecular flexibility index (Phi) is 3.45. The number of aromatic nitrogens is 2. The molecule has 0 spiro atoms. The summed E-state index contributed by atoms with van der Waals surface area (Å²) in [6.45, 7) is 2.75. The molecule has 6 heteroatoms. The molecular formula is C18H18N4O2. The number of rotatable bonds is 2. The summed E-state index contributed by atoms with van der Waals surface area (Å²) in [5, 5.41) is 11.2. The van der Waals surface area contributed by atoms with Crippen LogP contribution >= 0.6 is 0 Å². The Morgan fingerprint density at radius 1 is 1.29 bits per heavy atom. The van der Waals surface area contributed by atoms with Crippen LogP contribution in [0.15, 0.2) is 36.6 Å². The Hall–Kier alpha value is -2.89. The largest absolute Gasteiger partial charge is 0.387 e. The van der Waals surface area contributed by atoms with Crippen LogP contribution in [-0.4, -0.2) is 28.1 Å². The number of amides is 2. The first-order valence-electron chi connectivity index (χ1n) is 8.07. The first-order valence-corrected chi connectivity index (χ1v) is 8.07. The van der Waals surface area contributed by atoms with Crippen molar-refractivity contribution in [1.82, 2.24) is 20.4 Å². The van der Waals surface area contributed by atoms with Crippen LogP contribution in [0.1, 0.15) is 30.1 Å². The predicted molar refractivity (Wildman–Crippen MR) is 91.0 cm³/mol. The zero-order valence-electron chi connectivity index (χ0n) is 13.4. The summed E-state index contributed by atoms with van der Waals surface area (Å²) in [5.74, 6) is -0.489. The van der Waals surface area contributed by atoms with Gasteiger partial charge in [-0.25, -0.2) is 0 Å². The van der Waals surface area contributed by atoms with Crippen molar-refractivity contribution in [1.29, 1.82) is 0 Å². The average Bonchev–Trinajstić information content (AvgIpc) is 2.93. The molecule has 1 unspecified atom stereocenters. The van der Waals surface area contributed by atoms with Crippen LogP contribution < -0.4 is 10.6 Å². The van der Waals surface area contributed by atoms with Crippen LogP contribution in [-0.2, 0) is 9.59 Å². The lowest BCUT2D eigenvalue weighted by Crippen LogP contribution is -2.42. The molecule has 122 valence electrons. The van der Waals surface area contributed by atoms with Gasteiger partial charge in [0.25, 0.3) is 5.91 Å². The van der Waals surface area contributed by atoms with Crippen molar-refractivity contribution in [2.75, 3.05) is 6.54 Å². The molecule has 4 rings (SSSR count). The van der Waals surface area contributed by atoms with E-state index in [0.29, 0.717) is 12.8 Å². The van der Waals surface area contributed by atoms with E-state index in [1.54, 1.807) is 4.68 Å². The number of nitrogens with one attached hydrogen (secondary N) is 2. The molecule has 1 atom stereocenters. The lowest BCUT2D eigenvalue weighted by molar-refractivity contribution is -0.135. The highest BCUT2D eigenvalue weighted by molar-refractivity contribution is 6.01. The molecule has 3 heterocycles. The monoisotopic (exact) mass is 322 g/mol. The lowest BCUT2D eigenvalue weighted by atomic mass is 9.98. The van der Waals surface area contributed by atoms with Crippen LogP contribution in [0.2, 0.25) is 0 Å². The van der Waals surface area contributed by atoms with Crippen LogP contribution in [0.4, 0.5) is 0 Å². The average molecular weight is 322 g/mol. The van der Waals surface area contributed by atoms with Gasteiger partial charge in [-0.15, -0.1) is 0 Å². The highest BCUT2D eigenvalue weighted by Crippen LogP contribution is 2.32. The minimum Gasteiger partial charge on any atom is -0.387 e. The number of benzene rings is 1. The predicted octanol–water partition coefficient (Wildman–Crippen LogP) is 1.82. The highest BCUT2D eigenvalue weighted by Gasteiger charge is 2.30. The summed E-state index contributed by atoms with van der Waals surface area (Å²) in [6.07, 6.45) is 6.94. The van der Waals surface area contributed by atoms with Crippen LogP contribution in [0.5, 0.6) is 0 Å². The molecule has 1 aromatic carbocycles. The van der Waals surface area contributed by atoms with Gasteiger partial charge in [-0.3, -0.25) is 19.6 Å². The molecule has 2 amide bonds. The van der Waals surface area contributed by atoms with E-state index in [1.807, 2.05) is 31.3 Å². The van der Waals surface area contributed by atoms with Crippen molar-refractivity contribution in [3.8, 4) is 0 Å². The fourth-order valence-electron chi connectivity index (χ4n) is 3.42. The summed E-state index contributed by atoms with van der Waals surface area (Å²) < 4.78 is 1.77. The fourth-order valence-corrected chi connectivity index (χ4v) is 3.42. The minimum atomic E-state index is -0.438. The third kappa shape index (κ3) is 2.31. The molecule has 24 heavy (non-hydrogen) atoms. The quantitative estimate of drug-likeness (QED) is 0.827. The van der Waals surface area contributed by atoms with Gasteiger partial charge >= 0.3 is 0 Å². The van der Waals surface area contributed by atoms with Gasteiger partial charge in [-0.1, -0.05) is 18.2 Å². The van der Waals surface area contributed by atoms with Gasteiger partial charge in [-0.05, 0) is 42.8 Å². The normalized spacial score (nSPS) is 20.7. The van der Waals surface area contributed by atoms with Gasteiger partial charge in [0.2, 0.25) is 5.91 Å². The lowest BCUT2D eigenvalue weighted by Gasteiger charge is -2.21. The molecule has 0 bridgehead atoms. The van der Waals surface area contributed by atoms with Crippen molar-refractivity contribution in [3.63, 3.8) is 0 Å². The third-order valence-electron chi connectivity index (χ3n) is 4.55. The van der Waals surface area contributed by atoms with Crippen LogP contribution in [0.3, 0.4) is 0 Å². The smallest absolute Gasteiger partial charge is 0.251 e. The Bertz CT molecular complexity index is 907. The van der Waals surface area contributed by atoms with Crippen molar-refractivity contribution < 1.29 is 9.59 Å². The molecule has 2 N–H and O–H groups in total. The Morgan fingerprint density at radius 3 is 2.92 bits per heavy atom. The second-order valence-electron chi connectivity index (χ2n) is 6.10. The highest BCUT2D eigenvalue weighted by atomic mass is 16.2. The Labute approximate surface area is 139 Å². The minimum absolute atomic E-state index is 0.213.